The Morgan fingerprint density at radius 3 is 2.24 bits per heavy atom. The van der Waals surface area contributed by atoms with Crippen LogP contribution in [-0.2, 0) is 26.9 Å². The number of halogens is 3. The number of carbonyl (C=O) groups is 3. The predicted octanol–water partition coefficient (Wildman–Crippen LogP) is 3.99. The van der Waals surface area contributed by atoms with Crippen LogP contribution >= 0.6 is 0 Å². The number of hydrogen-bond donors (Lipinski definition) is 1. The van der Waals surface area contributed by atoms with Crippen molar-refractivity contribution in [3.8, 4) is 5.75 Å². The summed E-state index contributed by atoms with van der Waals surface area (Å²) in [6.07, 6.45) is -4.16. The van der Waals surface area contributed by atoms with E-state index in [1.165, 1.54) is 37.3 Å². The molecule has 0 spiro atoms. The molecule has 0 aliphatic rings. The van der Waals surface area contributed by atoms with Gasteiger partial charge < -0.3 is 14.8 Å². The van der Waals surface area contributed by atoms with Crippen LogP contribution in [0.25, 0.3) is 0 Å². The van der Waals surface area contributed by atoms with E-state index >= 15 is 0 Å². The molecule has 0 aliphatic heterocycles. The van der Waals surface area contributed by atoms with Crippen LogP contribution in [0, 0.1) is 0 Å². The number of amides is 1. The molecule has 1 N–H and O–H groups in total. The third-order valence-corrected chi connectivity index (χ3v) is 3.84. The molecule has 0 saturated carbocycles. The monoisotopic (exact) mass is 409 g/mol. The summed E-state index contributed by atoms with van der Waals surface area (Å²) >= 11 is 0. The van der Waals surface area contributed by atoms with Crippen molar-refractivity contribution in [3.63, 3.8) is 0 Å². The van der Waals surface area contributed by atoms with E-state index in [0.29, 0.717) is 5.56 Å². The molecule has 0 aliphatic carbocycles. The lowest BCUT2D eigenvalue weighted by Gasteiger charge is -2.11. The van der Waals surface area contributed by atoms with Crippen LogP contribution in [0.5, 0.6) is 5.75 Å². The van der Waals surface area contributed by atoms with Gasteiger partial charge in [-0.05, 0) is 42.3 Å². The van der Waals surface area contributed by atoms with Crippen molar-refractivity contribution < 1.29 is 37.0 Å². The van der Waals surface area contributed by atoms with Crippen molar-refractivity contribution in [1.29, 1.82) is 0 Å². The lowest BCUT2D eigenvalue weighted by Crippen LogP contribution is -2.14. The topological polar surface area (TPSA) is 81.7 Å². The minimum atomic E-state index is -4.41. The summed E-state index contributed by atoms with van der Waals surface area (Å²) < 4.78 is 47.3. The van der Waals surface area contributed by atoms with E-state index in [2.05, 4.69) is 10.1 Å². The Morgan fingerprint density at radius 2 is 1.69 bits per heavy atom. The summed E-state index contributed by atoms with van der Waals surface area (Å²) in [5.74, 6) is -1.78. The zero-order valence-electron chi connectivity index (χ0n) is 15.6. The van der Waals surface area contributed by atoms with Crippen molar-refractivity contribution in [1.82, 2.24) is 0 Å². The van der Waals surface area contributed by atoms with Gasteiger partial charge in [-0.1, -0.05) is 12.1 Å². The minimum Gasteiger partial charge on any atom is -0.465 e. The molecule has 9 heteroatoms. The van der Waals surface area contributed by atoms with E-state index < -0.39 is 29.6 Å². The van der Waals surface area contributed by atoms with Crippen molar-refractivity contribution in [2.24, 2.45) is 0 Å². The fourth-order valence-corrected chi connectivity index (χ4v) is 2.46. The first-order chi connectivity index (χ1) is 13.6. The number of ether oxygens (including phenoxy) is 2. The third kappa shape index (κ3) is 6.34. The van der Waals surface area contributed by atoms with Crippen molar-refractivity contribution in [2.75, 3.05) is 12.4 Å². The van der Waals surface area contributed by atoms with Crippen LogP contribution in [0.2, 0.25) is 0 Å². The average Bonchev–Trinajstić information content (AvgIpc) is 2.66. The Balaban J connectivity index is 2.03. The highest BCUT2D eigenvalue weighted by Gasteiger charge is 2.29. The first-order valence-electron chi connectivity index (χ1n) is 8.47. The lowest BCUT2D eigenvalue weighted by molar-refractivity contribution is -0.137. The largest absolute Gasteiger partial charge is 0.465 e. The van der Waals surface area contributed by atoms with E-state index in [9.17, 15) is 27.6 Å². The SMILES string of the molecule is COC(=O)c1cc(NC(=O)CCc2ccc(C(F)(F)F)cc2)ccc1OC(C)=O. The number of esters is 2. The van der Waals surface area contributed by atoms with Gasteiger partial charge in [0.25, 0.3) is 0 Å². The number of methoxy groups -OCH3 is 1. The lowest BCUT2D eigenvalue weighted by atomic mass is 10.1. The molecule has 29 heavy (non-hydrogen) atoms. The summed E-state index contributed by atoms with van der Waals surface area (Å²) in [6.45, 7) is 1.18. The predicted molar refractivity (Wildman–Crippen MR) is 97.5 cm³/mol. The number of carbonyl (C=O) groups excluding carboxylic acids is 3. The number of anilines is 1. The maximum absolute atomic E-state index is 12.6. The summed E-state index contributed by atoms with van der Waals surface area (Å²) in [4.78, 5) is 35.1. The smallest absolute Gasteiger partial charge is 0.416 e. The number of aryl methyl sites for hydroxylation is 1. The first-order valence-corrected chi connectivity index (χ1v) is 8.47. The Morgan fingerprint density at radius 1 is 1.03 bits per heavy atom. The van der Waals surface area contributed by atoms with Gasteiger partial charge in [-0.3, -0.25) is 9.59 Å². The van der Waals surface area contributed by atoms with Gasteiger partial charge in [0.05, 0.1) is 12.7 Å². The van der Waals surface area contributed by atoms with Gasteiger partial charge >= 0.3 is 18.1 Å². The molecule has 0 radical (unpaired) electrons. The van der Waals surface area contributed by atoms with Crippen LogP contribution in [0.15, 0.2) is 42.5 Å². The molecule has 154 valence electrons. The second-order valence-electron chi connectivity index (χ2n) is 6.04. The van der Waals surface area contributed by atoms with Crippen LogP contribution in [0.3, 0.4) is 0 Å². The van der Waals surface area contributed by atoms with Crippen molar-refractivity contribution in [2.45, 2.75) is 25.9 Å². The van der Waals surface area contributed by atoms with Gasteiger partial charge in [0.1, 0.15) is 11.3 Å². The summed E-state index contributed by atoms with van der Waals surface area (Å²) in [7, 11) is 1.16. The molecule has 0 heterocycles. The molecule has 0 saturated heterocycles. The van der Waals surface area contributed by atoms with Gasteiger partial charge in [-0.25, -0.2) is 4.79 Å². The average molecular weight is 409 g/mol. The number of nitrogens with one attached hydrogen (secondary N) is 1. The molecule has 2 aromatic carbocycles. The van der Waals surface area contributed by atoms with Gasteiger partial charge in [-0.2, -0.15) is 13.2 Å². The Bertz CT molecular complexity index is 907. The molecular weight excluding hydrogens is 391 g/mol. The molecule has 6 nitrogen and oxygen atoms in total. The number of benzene rings is 2. The zero-order chi connectivity index (χ0) is 21.6. The van der Waals surface area contributed by atoms with E-state index in [4.69, 9.17) is 4.74 Å². The first kappa shape index (κ1) is 21.9. The number of alkyl halides is 3. The molecule has 0 bridgehead atoms. The van der Waals surface area contributed by atoms with Gasteiger partial charge in [0, 0.05) is 19.0 Å². The highest BCUT2D eigenvalue weighted by atomic mass is 19.4. The number of rotatable bonds is 6. The molecule has 2 rings (SSSR count). The van der Waals surface area contributed by atoms with E-state index in [0.717, 1.165) is 19.2 Å². The molecule has 0 aromatic heterocycles. The number of hydrogen-bond acceptors (Lipinski definition) is 5. The molecule has 0 fully saturated rings. The summed E-state index contributed by atoms with van der Waals surface area (Å²) in [5.41, 5.74) is 0.0597. The van der Waals surface area contributed by atoms with Crippen LogP contribution in [0.4, 0.5) is 18.9 Å². The standard InChI is InChI=1S/C20H18F3NO5/c1-12(25)29-17-9-8-15(11-16(17)19(27)28-2)24-18(26)10-5-13-3-6-14(7-4-13)20(21,22)23/h3-4,6-9,11H,5,10H2,1-2H3,(H,24,26). The molecule has 0 unspecified atom stereocenters. The van der Waals surface area contributed by atoms with E-state index in [1.807, 2.05) is 0 Å². The normalized spacial score (nSPS) is 10.9. The van der Waals surface area contributed by atoms with Crippen LogP contribution in [-0.4, -0.2) is 25.0 Å². The van der Waals surface area contributed by atoms with Crippen molar-refractivity contribution >= 4 is 23.5 Å². The quantitative estimate of drug-likeness (QED) is 0.576. The Kier molecular flexibility index (Phi) is 6.98. The van der Waals surface area contributed by atoms with Gasteiger partial charge in [-0.15, -0.1) is 0 Å². The van der Waals surface area contributed by atoms with Crippen molar-refractivity contribution in [3.05, 3.63) is 59.2 Å². The zero-order valence-corrected chi connectivity index (χ0v) is 15.6. The highest BCUT2D eigenvalue weighted by Crippen LogP contribution is 2.29. The van der Waals surface area contributed by atoms with Gasteiger partial charge in [0.2, 0.25) is 5.91 Å². The van der Waals surface area contributed by atoms with E-state index in [-0.39, 0.29) is 29.8 Å². The Hall–Kier alpha value is -3.36. The molecule has 1 amide bonds. The van der Waals surface area contributed by atoms with Gasteiger partial charge in [0.15, 0.2) is 0 Å². The van der Waals surface area contributed by atoms with E-state index in [1.54, 1.807) is 0 Å². The van der Waals surface area contributed by atoms with Crippen LogP contribution in [0.1, 0.15) is 34.8 Å². The molecule has 0 atom stereocenters. The second-order valence-corrected chi connectivity index (χ2v) is 6.04. The highest BCUT2D eigenvalue weighted by molar-refractivity contribution is 5.97. The fourth-order valence-electron chi connectivity index (χ4n) is 2.46. The Labute approximate surface area is 164 Å². The second kappa shape index (κ2) is 9.22. The molecule has 2 aromatic rings. The maximum Gasteiger partial charge on any atom is 0.416 e. The van der Waals surface area contributed by atoms with Crippen LogP contribution < -0.4 is 10.1 Å². The summed E-state index contributed by atoms with van der Waals surface area (Å²) in [6, 6.07) is 8.66. The fraction of sp³-hybridized carbons (Fsp3) is 0.250. The summed E-state index contributed by atoms with van der Waals surface area (Å²) in [5, 5.41) is 2.58. The molecular formula is C20H18F3NO5. The minimum absolute atomic E-state index is 0.00731. The third-order valence-electron chi connectivity index (χ3n) is 3.84. The maximum atomic E-state index is 12.6.